The number of nitriles is 1. The van der Waals surface area contributed by atoms with Crippen molar-refractivity contribution < 1.29 is 9.53 Å². The highest BCUT2D eigenvalue weighted by molar-refractivity contribution is 5.77. The van der Waals surface area contributed by atoms with Crippen molar-refractivity contribution in [3.05, 3.63) is 0 Å². The molecule has 5 heteroatoms. The molecule has 1 unspecified atom stereocenters. The van der Waals surface area contributed by atoms with E-state index in [1.54, 1.807) is 0 Å². The van der Waals surface area contributed by atoms with Gasteiger partial charge < -0.3 is 9.64 Å². The van der Waals surface area contributed by atoms with Crippen LogP contribution in [0.25, 0.3) is 0 Å². The summed E-state index contributed by atoms with van der Waals surface area (Å²) in [4.78, 5) is 16.0. The molecule has 1 rings (SSSR count). The van der Waals surface area contributed by atoms with Gasteiger partial charge in [-0.25, -0.2) is 0 Å². The Morgan fingerprint density at radius 1 is 1.30 bits per heavy atom. The summed E-state index contributed by atoms with van der Waals surface area (Å²) in [6.45, 7) is 11.0. The zero-order valence-electron chi connectivity index (χ0n) is 13.2. The third-order valence-corrected chi connectivity index (χ3v) is 3.45. The van der Waals surface area contributed by atoms with E-state index in [0.717, 1.165) is 25.9 Å². The molecule has 1 aliphatic heterocycles. The quantitative estimate of drug-likeness (QED) is 0.768. The number of amides is 1. The first-order valence-electron chi connectivity index (χ1n) is 7.42. The zero-order chi connectivity index (χ0) is 15.2. The molecular weight excluding hydrogens is 254 g/mol. The standard InChI is InChI=1S/C15H27N3O2/c1-5-6-13(11-16)17-7-9-18(10-8-17)14(19)12-20-15(2,3)4/h13H,5-10,12H2,1-4H3. The summed E-state index contributed by atoms with van der Waals surface area (Å²) in [5, 5.41) is 9.17. The lowest BCUT2D eigenvalue weighted by Gasteiger charge is -2.37. The van der Waals surface area contributed by atoms with Gasteiger partial charge in [0, 0.05) is 26.2 Å². The minimum atomic E-state index is -0.287. The molecule has 5 nitrogen and oxygen atoms in total. The molecule has 20 heavy (non-hydrogen) atoms. The van der Waals surface area contributed by atoms with Crippen LogP contribution in [0.5, 0.6) is 0 Å². The second-order valence-electron chi connectivity index (χ2n) is 6.25. The summed E-state index contributed by atoms with van der Waals surface area (Å²) in [5.41, 5.74) is -0.287. The SMILES string of the molecule is CCCC(C#N)N1CCN(C(=O)COC(C)(C)C)CC1. The number of rotatable bonds is 5. The largest absolute Gasteiger partial charge is 0.366 e. The summed E-state index contributed by atoms with van der Waals surface area (Å²) >= 11 is 0. The van der Waals surface area contributed by atoms with Gasteiger partial charge in [-0.15, -0.1) is 0 Å². The Bertz CT molecular complexity index is 349. The zero-order valence-corrected chi connectivity index (χ0v) is 13.2. The van der Waals surface area contributed by atoms with E-state index in [-0.39, 0.29) is 24.2 Å². The minimum Gasteiger partial charge on any atom is -0.366 e. The molecule has 0 aromatic heterocycles. The highest BCUT2D eigenvalue weighted by Crippen LogP contribution is 2.12. The van der Waals surface area contributed by atoms with E-state index in [1.807, 2.05) is 25.7 Å². The number of nitrogens with zero attached hydrogens (tertiary/aromatic N) is 3. The van der Waals surface area contributed by atoms with E-state index < -0.39 is 0 Å². The predicted molar refractivity (Wildman–Crippen MR) is 78.2 cm³/mol. The van der Waals surface area contributed by atoms with Crippen LogP contribution in [0.15, 0.2) is 0 Å². The van der Waals surface area contributed by atoms with E-state index in [2.05, 4.69) is 17.9 Å². The van der Waals surface area contributed by atoms with Crippen LogP contribution in [-0.2, 0) is 9.53 Å². The van der Waals surface area contributed by atoms with Gasteiger partial charge in [-0.05, 0) is 27.2 Å². The van der Waals surface area contributed by atoms with Crippen LogP contribution >= 0.6 is 0 Å². The van der Waals surface area contributed by atoms with Gasteiger partial charge in [-0.3, -0.25) is 9.69 Å². The van der Waals surface area contributed by atoms with Gasteiger partial charge in [-0.1, -0.05) is 13.3 Å². The second kappa shape index (κ2) is 7.61. The average molecular weight is 281 g/mol. The van der Waals surface area contributed by atoms with E-state index in [9.17, 15) is 4.79 Å². The molecule has 0 aromatic carbocycles. The Kier molecular flexibility index (Phi) is 6.44. The fraction of sp³-hybridized carbons (Fsp3) is 0.867. The maximum Gasteiger partial charge on any atom is 0.248 e. The van der Waals surface area contributed by atoms with Crippen LogP contribution in [0.2, 0.25) is 0 Å². The monoisotopic (exact) mass is 281 g/mol. The number of hydrogen-bond donors (Lipinski definition) is 0. The van der Waals surface area contributed by atoms with Crippen molar-refractivity contribution in [1.29, 1.82) is 5.26 Å². The summed E-state index contributed by atoms with van der Waals surface area (Å²) in [6.07, 6.45) is 1.91. The molecule has 1 heterocycles. The summed E-state index contributed by atoms with van der Waals surface area (Å²) in [6, 6.07) is 2.35. The Morgan fingerprint density at radius 2 is 1.90 bits per heavy atom. The Morgan fingerprint density at radius 3 is 2.35 bits per heavy atom. The van der Waals surface area contributed by atoms with Crippen molar-refractivity contribution in [2.24, 2.45) is 0 Å². The molecule has 0 saturated carbocycles. The lowest BCUT2D eigenvalue weighted by molar-refractivity contribution is -0.142. The van der Waals surface area contributed by atoms with Gasteiger partial charge in [0.05, 0.1) is 17.7 Å². The number of carbonyl (C=O) groups is 1. The van der Waals surface area contributed by atoms with Crippen LogP contribution in [0.3, 0.4) is 0 Å². The van der Waals surface area contributed by atoms with Crippen LogP contribution in [0, 0.1) is 11.3 Å². The molecular formula is C15H27N3O2. The van der Waals surface area contributed by atoms with Crippen LogP contribution in [-0.4, -0.2) is 60.1 Å². The molecule has 1 fully saturated rings. The highest BCUT2D eigenvalue weighted by atomic mass is 16.5. The van der Waals surface area contributed by atoms with Crippen LogP contribution in [0.1, 0.15) is 40.5 Å². The average Bonchev–Trinajstić information content (AvgIpc) is 2.41. The molecule has 0 radical (unpaired) electrons. The fourth-order valence-electron chi connectivity index (χ4n) is 2.25. The van der Waals surface area contributed by atoms with E-state index in [0.29, 0.717) is 13.1 Å². The van der Waals surface area contributed by atoms with Crippen molar-refractivity contribution in [3.63, 3.8) is 0 Å². The van der Waals surface area contributed by atoms with Crippen LogP contribution in [0.4, 0.5) is 0 Å². The summed E-state index contributed by atoms with van der Waals surface area (Å²) < 4.78 is 5.52. The molecule has 1 atom stereocenters. The lowest BCUT2D eigenvalue weighted by Crippen LogP contribution is -2.52. The third-order valence-electron chi connectivity index (χ3n) is 3.45. The first kappa shape index (κ1) is 16.9. The lowest BCUT2D eigenvalue weighted by atomic mass is 10.1. The van der Waals surface area contributed by atoms with Gasteiger partial charge in [0.2, 0.25) is 5.91 Å². The van der Waals surface area contributed by atoms with Gasteiger partial charge in [0.1, 0.15) is 6.61 Å². The van der Waals surface area contributed by atoms with E-state index in [1.165, 1.54) is 0 Å². The Hall–Kier alpha value is -1.12. The molecule has 1 aliphatic rings. The van der Waals surface area contributed by atoms with E-state index in [4.69, 9.17) is 10.00 Å². The number of carbonyl (C=O) groups excluding carboxylic acids is 1. The first-order valence-corrected chi connectivity index (χ1v) is 7.42. The van der Waals surface area contributed by atoms with E-state index >= 15 is 0 Å². The number of ether oxygens (including phenoxy) is 1. The van der Waals surface area contributed by atoms with Gasteiger partial charge in [-0.2, -0.15) is 5.26 Å². The fourth-order valence-corrected chi connectivity index (χ4v) is 2.25. The maximum atomic E-state index is 12.0. The highest BCUT2D eigenvalue weighted by Gasteiger charge is 2.26. The molecule has 114 valence electrons. The first-order chi connectivity index (χ1) is 9.37. The molecule has 0 aliphatic carbocycles. The molecule has 1 saturated heterocycles. The van der Waals surface area contributed by atoms with Crippen molar-refractivity contribution >= 4 is 5.91 Å². The third kappa shape index (κ3) is 5.48. The Labute approximate surface area is 122 Å². The van der Waals surface area contributed by atoms with Gasteiger partial charge in [0.15, 0.2) is 0 Å². The van der Waals surface area contributed by atoms with Crippen molar-refractivity contribution in [2.75, 3.05) is 32.8 Å². The molecule has 0 N–H and O–H groups in total. The van der Waals surface area contributed by atoms with Gasteiger partial charge in [0.25, 0.3) is 0 Å². The number of hydrogen-bond acceptors (Lipinski definition) is 4. The van der Waals surface area contributed by atoms with Crippen LogP contribution < -0.4 is 0 Å². The molecule has 1 amide bonds. The minimum absolute atomic E-state index is 0.0110. The topological polar surface area (TPSA) is 56.6 Å². The summed E-state index contributed by atoms with van der Waals surface area (Å²) in [5.74, 6) is 0.0450. The van der Waals surface area contributed by atoms with Crippen molar-refractivity contribution in [3.8, 4) is 6.07 Å². The molecule has 0 bridgehead atoms. The number of piperazine rings is 1. The normalized spacial score (nSPS) is 18.6. The second-order valence-corrected chi connectivity index (χ2v) is 6.25. The Balaban J connectivity index is 2.38. The van der Waals surface area contributed by atoms with Crippen molar-refractivity contribution in [2.45, 2.75) is 52.2 Å². The molecule has 0 aromatic rings. The summed E-state index contributed by atoms with van der Waals surface area (Å²) in [7, 11) is 0. The van der Waals surface area contributed by atoms with Crippen molar-refractivity contribution in [1.82, 2.24) is 9.80 Å². The predicted octanol–water partition coefficient (Wildman–Crippen LogP) is 1.64. The smallest absolute Gasteiger partial charge is 0.248 e. The maximum absolute atomic E-state index is 12.0. The van der Waals surface area contributed by atoms with Gasteiger partial charge >= 0.3 is 0 Å². The molecule has 0 spiro atoms.